The second-order valence-corrected chi connectivity index (χ2v) is 5.56. The maximum atomic E-state index is 9.51. The number of phenols is 1. The van der Waals surface area contributed by atoms with E-state index in [1.54, 1.807) is 24.4 Å². The normalized spacial score (nSPS) is 10.7. The average molecular weight is 351 g/mol. The fourth-order valence-corrected chi connectivity index (χ4v) is 2.53. The van der Waals surface area contributed by atoms with E-state index in [-0.39, 0.29) is 5.75 Å². The SMILES string of the molecule is Oc1ccc2ccc(Oc3ncc(Br)cc3Cl)cc2c1. The molecule has 1 aromatic heterocycles. The molecule has 0 aliphatic rings. The smallest absolute Gasteiger partial charge is 0.238 e. The Morgan fingerprint density at radius 1 is 1.05 bits per heavy atom. The Balaban J connectivity index is 1.98. The highest BCUT2D eigenvalue weighted by Gasteiger charge is 2.06. The molecule has 20 heavy (non-hydrogen) atoms. The van der Waals surface area contributed by atoms with Gasteiger partial charge in [0.2, 0.25) is 5.88 Å². The van der Waals surface area contributed by atoms with Crippen LogP contribution in [0.4, 0.5) is 0 Å². The molecule has 0 spiro atoms. The molecule has 0 radical (unpaired) electrons. The minimum Gasteiger partial charge on any atom is -0.508 e. The number of aromatic hydroxyl groups is 1. The van der Waals surface area contributed by atoms with Gasteiger partial charge in [0.05, 0.1) is 0 Å². The van der Waals surface area contributed by atoms with Gasteiger partial charge >= 0.3 is 0 Å². The number of ether oxygens (including phenoxy) is 1. The molecule has 0 saturated carbocycles. The van der Waals surface area contributed by atoms with E-state index in [4.69, 9.17) is 16.3 Å². The minimum atomic E-state index is 0.217. The van der Waals surface area contributed by atoms with Crippen molar-refractivity contribution in [3.05, 3.63) is 58.2 Å². The molecule has 3 rings (SSSR count). The van der Waals surface area contributed by atoms with Crippen LogP contribution in [0.25, 0.3) is 10.8 Å². The zero-order chi connectivity index (χ0) is 14.1. The molecule has 5 heteroatoms. The van der Waals surface area contributed by atoms with Crippen molar-refractivity contribution in [1.82, 2.24) is 4.98 Å². The summed E-state index contributed by atoms with van der Waals surface area (Å²) in [7, 11) is 0. The number of fused-ring (bicyclic) bond motifs is 1. The second kappa shape index (κ2) is 5.31. The Bertz CT molecular complexity index is 792. The zero-order valence-corrected chi connectivity index (χ0v) is 12.5. The van der Waals surface area contributed by atoms with Gasteiger partial charge in [-0.15, -0.1) is 0 Å². The van der Waals surface area contributed by atoms with Crippen molar-refractivity contribution in [1.29, 1.82) is 0 Å². The van der Waals surface area contributed by atoms with Crippen molar-refractivity contribution in [2.45, 2.75) is 0 Å². The summed E-state index contributed by atoms with van der Waals surface area (Å²) in [6, 6.07) is 12.5. The maximum Gasteiger partial charge on any atom is 0.238 e. The summed E-state index contributed by atoms with van der Waals surface area (Å²) in [5.41, 5.74) is 0. The predicted octanol–water partition coefficient (Wildman–Crippen LogP) is 5.15. The van der Waals surface area contributed by atoms with E-state index in [0.29, 0.717) is 16.7 Å². The predicted molar refractivity (Wildman–Crippen MR) is 82.6 cm³/mol. The largest absolute Gasteiger partial charge is 0.508 e. The molecule has 0 unspecified atom stereocenters. The molecule has 100 valence electrons. The second-order valence-electron chi connectivity index (χ2n) is 4.24. The molecule has 0 aliphatic heterocycles. The number of nitrogens with zero attached hydrogens (tertiary/aromatic N) is 1. The van der Waals surface area contributed by atoms with E-state index in [0.717, 1.165) is 15.2 Å². The summed E-state index contributed by atoms with van der Waals surface area (Å²) in [6.45, 7) is 0. The van der Waals surface area contributed by atoms with E-state index in [9.17, 15) is 5.11 Å². The highest BCUT2D eigenvalue weighted by molar-refractivity contribution is 9.10. The lowest BCUT2D eigenvalue weighted by Crippen LogP contribution is -1.89. The molecule has 0 aliphatic carbocycles. The molecule has 0 bridgehead atoms. The van der Waals surface area contributed by atoms with Crippen LogP contribution >= 0.6 is 27.5 Å². The minimum absolute atomic E-state index is 0.217. The van der Waals surface area contributed by atoms with Gasteiger partial charge in [0.25, 0.3) is 0 Å². The first kappa shape index (κ1) is 13.2. The molecule has 0 saturated heterocycles. The van der Waals surface area contributed by atoms with E-state index in [1.807, 2.05) is 24.3 Å². The van der Waals surface area contributed by atoms with Crippen molar-refractivity contribution in [3.8, 4) is 17.4 Å². The van der Waals surface area contributed by atoms with E-state index >= 15 is 0 Å². The number of benzene rings is 2. The highest BCUT2D eigenvalue weighted by atomic mass is 79.9. The van der Waals surface area contributed by atoms with E-state index in [2.05, 4.69) is 20.9 Å². The van der Waals surface area contributed by atoms with Crippen LogP contribution in [0, 0.1) is 0 Å². The number of hydrogen-bond acceptors (Lipinski definition) is 3. The monoisotopic (exact) mass is 349 g/mol. The molecule has 0 amide bonds. The zero-order valence-electron chi connectivity index (χ0n) is 10.2. The van der Waals surface area contributed by atoms with Gasteiger partial charge in [0, 0.05) is 10.7 Å². The number of phenolic OH excluding ortho intramolecular Hbond substituents is 1. The molecule has 0 fully saturated rings. The summed E-state index contributed by atoms with van der Waals surface area (Å²) >= 11 is 9.36. The van der Waals surface area contributed by atoms with Gasteiger partial charge in [-0.3, -0.25) is 0 Å². The van der Waals surface area contributed by atoms with Gasteiger partial charge in [0.1, 0.15) is 16.5 Å². The topological polar surface area (TPSA) is 42.4 Å². The van der Waals surface area contributed by atoms with Crippen LogP contribution in [0.5, 0.6) is 17.4 Å². The average Bonchev–Trinajstić information content (AvgIpc) is 2.41. The van der Waals surface area contributed by atoms with Crippen molar-refractivity contribution in [3.63, 3.8) is 0 Å². The van der Waals surface area contributed by atoms with Crippen molar-refractivity contribution in [2.75, 3.05) is 0 Å². The molecule has 2 aromatic carbocycles. The Kier molecular flexibility index (Phi) is 3.51. The third kappa shape index (κ3) is 2.71. The summed E-state index contributed by atoms with van der Waals surface area (Å²) in [5.74, 6) is 1.17. The van der Waals surface area contributed by atoms with Crippen molar-refractivity contribution < 1.29 is 9.84 Å². The highest BCUT2D eigenvalue weighted by Crippen LogP contribution is 2.31. The molecule has 3 nitrogen and oxygen atoms in total. The first-order valence-corrected chi connectivity index (χ1v) is 7.00. The molecule has 0 atom stereocenters. The Morgan fingerprint density at radius 3 is 2.65 bits per heavy atom. The summed E-state index contributed by atoms with van der Waals surface area (Å²) < 4.78 is 6.46. The number of pyridine rings is 1. The lowest BCUT2D eigenvalue weighted by Gasteiger charge is -2.08. The van der Waals surface area contributed by atoms with Crippen LogP contribution in [-0.4, -0.2) is 10.1 Å². The van der Waals surface area contributed by atoms with Crippen LogP contribution in [0.2, 0.25) is 5.02 Å². The van der Waals surface area contributed by atoms with Crippen LogP contribution in [0.1, 0.15) is 0 Å². The number of halogens is 2. The standard InChI is InChI=1S/C15H9BrClNO2/c16-11-7-14(17)15(18-8-11)20-13-4-2-9-1-3-12(19)5-10(9)6-13/h1-8,19H. The molecule has 3 aromatic rings. The third-order valence-electron chi connectivity index (χ3n) is 2.78. The van der Waals surface area contributed by atoms with Gasteiger partial charge in [-0.25, -0.2) is 4.98 Å². The Labute approximate surface area is 128 Å². The molecular formula is C15H9BrClNO2. The van der Waals surface area contributed by atoms with Crippen molar-refractivity contribution >= 4 is 38.3 Å². The third-order valence-corrected chi connectivity index (χ3v) is 3.49. The molecular weight excluding hydrogens is 342 g/mol. The van der Waals surface area contributed by atoms with Gasteiger partial charge < -0.3 is 9.84 Å². The van der Waals surface area contributed by atoms with E-state index in [1.165, 1.54) is 0 Å². The number of rotatable bonds is 2. The molecule has 1 heterocycles. The fourth-order valence-electron chi connectivity index (χ4n) is 1.86. The van der Waals surface area contributed by atoms with Crippen molar-refractivity contribution in [2.24, 2.45) is 0 Å². The van der Waals surface area contributed by atoms with Crippen LogP contribution in [0.3, 0.4) is 0 Å². The van der Waals surface area contributed by atoms with Gasteiger partial charge in [0.15, 0.2) is 0 Å². The lowest BCUT2D eigenvalue weighted by atomic mass is 10.1. The van der Waals surface area contributed by atoms with E-state index < -0.39 is 0 Å². The first-order valence-electron chi connectivity index (χ1n) is 5.83. The first-order chi connectivity index (χ1) is 9.61. The number of aromatic nitrogens is 1. The Morgan fingerprint density at radius 2 is 1.85 bits per heavy atom. The number of hydrogen-bond donors (Lipinski definition) is 1. The van der Waals surface area contributed by atoms with Crippen LogP contribution < -0.4 is 4.74 Å². The Hall–Kier alpha value is -1.78. The summed E-state index contributed by atoms with van der Waals surface area (Å²) in [5, 5.41) is 11.8. The fraction of sp³-hybridized carbons (Fsp3) is 0. The van der Waals surface area contributed by atoms with Gasteiger partial charge in [-0.1, -0.05) is 23.7 Å². The summed E-state index contributed by atoms with van der Waals surface area (Å²) in [6.07, 6.45) is 1.62. The van der Waals surface area contributed by atoms with Crippen LogP contribution in [0.15, 0.2) is 53.1 Å². The quantitative estimate of drug-likeness (QED) is 0.695. The van der Waals surface area contributed by atoms with Crippen LogP contribution in [-0.2, 0) is 0 Å². The maximum absolute atomic E-state index is 9.51. The lowest BCUT2D eigenvalue weighted by molar-refractivity contribution is 0.463. The van der Waals surface area contributed by atoms with Gasteiger partial charge in [-0.2, -0.15) is 0 Å². The van der Waals surface area contributed by atoms with Gasteiger partial charge in [-0.05, 0) is 57.0 Å². The molecule has 1 N–H and O–H groups in total. The summed E-state index contributed by atoms with van der Waals surface area (Å²) in [4.78, 5) is 4.12.